The monoisotopic (exact) mass is 370 g/mol. The Kier molecular flexibility index (Phi) is 5.69. The summed E-state index contributed by atoms with van der Waals surface area (Å²) in [5.41, 5.74) is 0.589. The van der Waals surface area contributed by atoms with E-state index in [2.05, 4.69) is 38.6 Å². The van der Waals surface area contributed by atoms with E-state index in [1.165, 1.54) is 6.07 Å². The van der Waals surface area contributed by atoms with Crippen molar-refractivity contribution in [2.24, 2.45) is 0 Å². The lowest BCUT2D eigenvalue weighted by molar-refractivity contribution is 0.585. The number of nitrogens with zero attached hydrogens (tertiary/aromatic N) is 2. The summed E-state index contributed by atoms with van der Waals surface area (Å²) in [6, 6.07) is 6.66. The zero-order valence-corrected chi connectivity index (χ0v) is 14.0. The second kappa shape index (κ2) is 7.51. The lowest BCUT2D eigenvalue weighted by Gasteiger charge is -2.07. The number of hydrogen-bond donors (Lipinski definition) is 2. The first-order chi connectivity index (χ1) is 10.1. The van der Waals surface area contributed by atoms with Gasteiger partial charge in [-0.1, -0.05) is 25.1 Å². The van der Waals surface area contributed by atoms with Gasteiger partial charge in [-0.3, -0.25) is 4.68 Å². The van der Waals surface area contributed by atoms with Gasteiger partial charge in [0.15, 0.2) is 10.9 Å². The van der Waals surface area contributed by atoms with Gasteiger partial charge in [0.05, 0.1) is 11.0 Å². The third kappa shape index (κ3) is 4.50. The average molecular weight is 371 g/mol. The van der Waals surface area contributed by atoms with Crippen molar-refractivity contribution in [2.75, 3.05) is 11.9 Å². The molecular weight excluding hydrogens is 355 g/mol. The molecule has 0 aliphatic rings. The van der Waals surface area contributed by atoms with E-state index in [4.69, 9.17) is 12.2 Å². The fraction of sp³-hybridized carbons (Fsp3) is 0.286. The molecule has 112 valence electrons. The first kappa shape index (κ1) is 15.9. The summed E-state index contributed by atoms with van der Waals surface area (Å²) < 4.78 is 16.1. The highest BCUT2D eigenvalue weighted by molar-refractivity contribution is 9.10. The molecule has 0 saturated carbocycles. The van der Waals surface area contributed by atoms with E-state index < -0.39 is 0 Å². The molecule has 7 heteroatoms. The third-order valence-electron chi connectivity index (χ3n) is 2.77. The smallest absolute Gasteiger partial charge is 0.172 e. The standard InChI is InChI=1S/C14H16BrFN4S/c1-2-7-17-14(21)18-13-11(15)9-20(19-13)8-10-5-3-4-6-12(10)16/h3-6,9H,2,7-8H2,1H3,(H2,17,18,19,21). The summed E-state index contributed by atoms with van der Waals surface area (Å²) in [5, 5.41) is 11.0. The lowest BCUT2D eigenvalue weighted by atomic mass is 10.2. The maximum Gasteiger partial charge on any atom is 0.172 e. The Morgan fingerprint density at radius 2 is 2.19 bits per heavy atom. The van der Waals surface area contributed by atoms with Crippen LogP contribution in [0.15, 0.2) is 34.9 Å². The maximum atomic E-state index is 13.6. The van der Waals surface area contributed by atoms with Crippen LogP contribution < -0.4 is 10.6 Å². The summed E-state index contributed by atoms with van der Waals surface area (Å²) >= 11 is 8.59. The van der Waals surface area contributed by atoms with Crippen LogP contribution in [0.5, 0.6) is 0 Å². The van der Waals surface area contributed by atoms with Crippen LogP contribution in [0.4, 0.5) is 10.2 Å². The van der Waals surface area contributed by atoms with E-state index in [1.807, 2.05) is 0 Å². The van der Waals surface area contributed by atoms with Crippen LogP contribution in [0.1, 0.15) is 18.9 Å². The minimum atomic E-state index is -0.237. The van der Waals surface area contributed by atoms with Gasteiger partial charge in [-0.15, -0.1) is 0 Å². The molecule has 0 saturated heterocycles. The molecule has 0 radical (unpaired) electrons. The Labute approximate surface area is 136 Å². The summed E-state index contributed by atoms with van der Waals surface area (Å²) in [5.74, 6) is 0.374. The van der Waals surface area contributed by atoms with E-state index in [1.54, 1.807) is 29.1 Å². The van der Waals surface area contributed by atoms with E-state index >= 15 is 0 Å². The molecule has 1 aromatic carbocycles. The van der Waals surface area contributed by atoms with Crippen molar-refractivity contribution in [1.29, 1.82) is 0 Å². The zero-order chi connectivity index (χ0) is 15.2. The topological polar surface area (TPSA) is 41.9 Å². The largest absolute Gasteiger partial charge is 0.362 e. The first-order valence-corrected chi connectivity index (χ1v) is 7.81. The number of nitrogens with one attached hydrogen (secondary N) is 2. The number of thiocarbonyl (C=S) groups is 1. The van der Waals surface area contributed by atoms with Crippen molar-refractivity contribution in [2.45, 2.75) is 19.9 Å². The summed E-state index contributed by atoms with van der Waals surface area (Å²) in [7, 11) is 0. The van der Waals surface area contributed by atoms with Crippen LogP contribution in [-0.2, 0) is 6.54 Å². The van der Waals surface area contributed by atoms with Gasteiger partial charge in [0.2, 0.25) is 0 Å². The highest BCUT2D eigenvalue weighted by Crippen LogP contribution is 2.21. The van der Waals surface area contributed by atoms with Crippen LogP contribution in [0.2, 0.25) is 0 Å². The molecule has 21 heavy (non-hydrogen) atoms. The number of rotatable bonds is 5. The van der Waals surface area contributed by atoms with E-state index in [-0.39, 0.29) is 5.82 Å². The summed E-state index contributed by atoms with van der Waals surface area (Å²) in [6.45, 7) is 3.23. The number of hydrogen-bond acceptors (Lipinski definition) is 2. The van der Waals surface area contributed by atoms with E-state index in [0.29, 0.717) is 23.0 Å². The molecule has 2 aromatic rings. The fourth-order valence-corrected chi connectivity index (χ4v) is 2.37. The number of anilines is 1. The van der Waals surface area contributed by atoms with Crippen LogP contribution >= 0.6 is 28.1 Å². The van der Waals surface area contributed by atoms with Gasteiger partial charge in [-0.05, 0) is 40.6 Å². The molecule has 0 amide bonds. The highest BCUT2D eigenvalue weighted by Gasteiger charge is 2.09. The van der Waals surface area contributed by atoms with Gasteiger partial charge in [-0.25, -0.2) is 4.39 Å². The van der Waals surface area contributed by atoms with E-state index in [9.17, 15) is 4.39 Å². The Morgan fingerprint density at radius 1 is 1.43 bits per heavy atom. The number of aromatic nitrogens is 2. The zero-order valence-electron chi connectivity index (χ0n) is 11.6. The van der Waals surface area contributed by atoms with Crippen molar-refractivity contribution < 1.29 is 4.39 Å². The molecule has 0 aliphatic carbocycles. The Balaban J connectivity index is 2.05. The van der Waals surface area contributed by atoms with Crippen LogP contribution in [0.3, 0.4) is 0 Å². The molecule has 1 heterocycles. The van der Waals surface area contributed by atoms with Gasteiger partial charge < -0.3 is 10.6 Å². The Morgan fingerprint density at radius 3 is 2.90 bits per heavy atom. The predicted molar refractivity (Wildman–Crippen MR) is 89.9 cm³/mol. The average Bonchev–Trinajstić information content (AvgIpc) is 2.79. The van der Waals surface area contributed by atoms with Crippen molar-refractivity contribution in [1.82, 2.24) is 15.1 Å². The highest BCUT2D eigenvalue weighted by atomic mass is 79.9. The quantitative estimate of drug-likeness (QED) is 0.790. The summed E-state index contributed by atoms with van der Waals surface area (Å²) in [6.07, 6.45) is 2.78. The van der Waals surface area contributed by atoms with Gasteiger partial charge in [-0.2, -0.15) is 5.10 Å². The Hall–Kier alpha value is -1.47. The molecule has 0 bridgehead atoms. The molecule has 1 aromatic heterocycles. The lowest BCUT2D eigenvalue weighted by Crippen LogP contribution is -2.29. The van der Waals surface area contributed by atoms with Crippen molar-refractivity contribution in [3.8, 4) is 0 Å². The second-order valence-corrected chi connectivity index (χ2v) is 5.76. The van der Waals surface area contributed by atoms with Crippen LogP contribution in [0.25, 0.3) is 0 Å². The van der Waals surface area contributed by atoms with Crippen LogP contribution in [-0.4, -0.2) is 21.4 Å². The third-order valence-corrected chi connectivity index (χ3v) is 3.60. The minimum absolute atomic E-state index is 0.237. The predicted octanol–water partition coefficient (Wildman–Crippen LogP) is 3.53. The van der Waals surface area contributed by atoms with Crippen LogP contribution in [0, 0.1) is 5.82 Å². The molecule has 0 unspecified atom stereocenters. The summed E-state index contributed by atoms with van der Waals surface area (Å²) in [4.78, 5) is 0. The fourth-order valence-electron chi connectivity index (χ4n) is 1.75. The van der Waals surface area contributed by atoms with Gasteiger partial charge in [0, 0.05) is 18.3 Å². The second-order valence-electron chi connectivity index (χ2n) is 4.50. The maximum absolute atomic E-state index is 13.6. The molecule has 0 atom stereocenters. The molecule has 0 aliphatic heterocycles. The minimum Gasteiger partial charge on any atom is -0.362 e. The first-order valence-electron chi connectivity index (χ1n) is 6.61. The Bertz CT molecular complexity index is 629. The molecule has 2 rings (SSSR count). The number of halogens is 2. The number of benzene rings is 1. The van der Waals surface area contributed by atoms with Crippen molar-refractivity contribution in [3.63, 3.8) is 0 Å². The van der Waals surface area contributed by atoms with Gasteiger partial charge in [0.25, 0.3) is 0 Å². The SMILES string of the molecule is CCCNC(=S)Nc1nn(Cc2ccccc2F)cc1Br. The molecule has 0 spiro atoms. The molecule has 0 fully saturated rings. The van der Waals surface area contributed by atoms with Crippen molar-refractivity contribution in [3.05, 3.63) is 46.3 Å². The molecule has 4 nitrogen and oxygen atoms in total. The van der Waals surface area contributed by atoms with Crippen molar-refractivity contribution >= 4 is 39.1 Å². The normalized spacial score (nSPS) is 10.4. The van der Waals surface area contributed by atoms with Gasteiger partial charge >= 0.3 is 0 Å². The molecular formula is C14H16BrFN4S. The van der Waals surface area contributed by atoms with Gasteiger partial charge in [0.1, 0.15) is 5.82 Å². The van der Waals surface area contributed by atoms with E-state index in [0.717, 1.165) is 17.4 Å². The molecule has 2 N–H and O–H groups in total.